The lowest BCUT2D eigenvalue weighted by Crippen LogP contribution is -2.17. The normalized spacial score (nSPS) is 12.2. The number of hydrogen-bond acceptors (Lipinski definition) is 5. The lowest BCUT2D eigenvalue weighted by molar-refractivity contribution is -0.137. The summed E-state index contributed by atoms with van der Waals surface area (Å²) in [6.07, 6.45) is -3.22. The van der Waals surface area contributed by atoms with E-state index in [4.69, 9.17) is 33.2 Å². The Bertz CT molecular complexity index is 944. The zero-order valence-electron chi connectivity index (χ0n) is 15.7. The maximum Gasteiger partial charge on any atom is 0.417 e. The van der Waals surface area contributed by atoms with Crippen LogP contribution in [-0.2, 0) is 17.4 Å². The first-order valence-corrected chi connectivity index (χ1v) is 9.14. The van der Waals surface area contributed by atoms with Crippen molar-refractivity contribution in [2.45, 2.75) is 19.0 Å². The molecule has 0 spiro atoms. The highest BCUT2D eigenvalue weighted by Crippen LogP contribution is 2.36. The van der Waals surface area contributed by atoms with Gasteiger partial charge in [-0.3, -0.25) is 4.79 Å². The van der Waals surface area contributed by atoms with Crippen molar-refractivity contribution in [3.8, 4) is 5.75 Å². The smallest absolute Gasteiger partial charge is 0.417 e. The molecule has 10 heteroatoms. The molecule has 2 rings (SSSR count). The molecule has 2 aromatic carbocycles. The summed E-state index contributed by atoms with van der Waals surface area (Å²) in [5, 5.41) is 9.30. The molecule has 6 nitrogen and oxygen atoms in total. The summed E-state index contributed by atoms with van der Waals surface area (Å²) in [7, 11) is 0. The van der Waals surface area contributed by atoms with Crippen molar-refractivity contribution in [1.29, 1.82) is 5.41 Å². The molecule has 0 bridgehead atoms. The molecule has 6 N–H and O–H groups in total. The zero-order chi connectivity index (χ0) is 22.3. The molecule has 2 aromatic rings. The number of carbonyl (C=O) groups excluding carboxylic acids is 1. The number of ether oxygens (including phenoxy) is 1. The molecule has 0 aromatic heterocycles. The fraction of sp³-hybridized carbons (Fsp3) is 0.200. The summed E-state index contributed by atoms with van der Waals surface area (Å²) >= 11 is 5.57. The van der Waals surface area contributed by atoms with E-state index < -0.39 is 22.7 Å². The van der Waals surface area contributed by atoms with Crippen molar-refractivity contribution < 1.29 is 22.7 Å². The van der Waals surface area contributed by atoms with Gasteiger partial charge < -0.3 is 26.9 Å². The monoisotopic (exact) mass is 440 g/mol. The molecule has 160 valence electrons. The van der Waals surface area contributed by atoms with E-state index in [1.54, 1.807) is 24.3 Å². The summed E-state index contributed by atoms with van der Waals surface area (Å²) in [6.45, 7) is 0.0516. The van der Waals surface area contributed by atoms with Crippen LogP contribution in [0.15, 0.2) is 53.9 Å². The lowest BCUT2D eigenvalue weighted by atomic mass is 10.1. The number of benzene rings is 2. The zero-order valence-corrected chi connectivity index (χ0v) is 16.5. The highest BCUT2D eigenvalue weighted by atomic mass is 35.5. The molecule has 0 aliphatic carbocycles. The van der Waals surface area contributed by atoms with Crippen molar-refractivity contribution in [2.75, 3.05) is 11.9 Å². The van der Waals surface area contributed by atoms with Gasteiger partial charge in [-0.25, -0.2) is 0 Å². The van der Waals surface area contributed by atoms with Crippen LogP contribution in [-0.4, -0.2) is 18.7 Å². The Morgan fingerprint density at radius 1 is 1.20 bits per heavy atom. The van der Waals surface area contributed by atoms with Crippen LogP contribution in [0, 0.1) is 5.41 Å². The topological polar surface area (TPSA) is 114 Å². The highest BCUT2D eigenvalue weighted by molar-refractivity contribution is 6.31. The predicted octanol–water partition coefficient (Wildman–Crippen LogP) is 4.09. The molecule has 0 aliphatic rings. The first-order chi connectivity index (χ1) is 14.1. The fourth-order valence-electron chi connectivity index (χ4n) is 2.44. The number of nitrogens with one attached hydrogen (secondary N) is 2. The summed E-state index contributed by atoms with van der Waals surface area (Å²) in [4.78, 5) is 12.1. The number of halogens is 4. The van der Waals surface area contributed by atoms with Gasteiger partial charge in [-0.05, 0) is 42.3 Å². The molecule has 30 heavy (non-hydrogen) atoms. The van der Waals surface area contributed by atoms with E-state index in [9.17, 15) is 18.0 Å². The third kappa shape index (κ3) is 6.50. The first-order valence-electron chi connectivity index (χ1n) is 8.76. The van der Waals surface area contributed by atoms with Crippen LogP contribution in [0.25, 0.3) is 0 Å². The molecule has 0 atom stereocenters. The van der Waals surface area contributed by atoms with E-state index in [-0.39, 0.29) is 30.1 Å². The van der Waals surface area contributed by atoms with Crippen LogP contribution in [0.1, 0.15) is 17.5 Å². The Hall–Kier alpha value is -3.04. The van der Waals surface area contributed by atoms with E-state index >= 15 is 0 Å². The van der Waals surface area contributed by atoms with E-state index in [0.717, 1.165) is 23.9 Å². The third-order valence-electron chi connectivity index (χ3n) is 4.01. The number of nitrogens with two attached hydrogens (primary N) is 2. The first kappa shape index (κ1) is 23.2. The minimum atomic E-state index is -4.61. The average molecular weight is 441 g/mol. The van der Waals surface area contributed by atoms with Crippen LogP contribution in [0.2, 0.25) is 5.02 Å². The van der Waals surface area contributed by atoms with Crippen LogP contribution >= 0.6 is 11.6 Å². The second-order valence-electron chi connectivity index (χ2n) is 6.22. The van der Waals surface area contributed by atoms with Gasteiger partial charge in [0.2, 0.25) is 5.91 Å². The molecule has 0 heterocycles. The van der Waals surface area contributed by atoms with Gasteiger partial charge in [0.1, 0.15) is 5.75 Å². The van der Waals surface area contributed by atoms with E-state index in [0.29, 0.717) is 12.2 Å². The van der Waals surface area contributed by atoms with Gasteiger partial charge in [0.05, 0.1) is 22.5 Å². The largest absolute Gasteiger partial charge is 0.454 e. The third-order valence-corrected chi connectivity index (χ3v) is 4.34. The second-order valence-corrected chi connectivity index (χ2v) is 6.63. The minimum absolute atomic E-state index is 0.0175. The van der Waals surface area contributed by atoms with Crippen LogP contribution < -0.4 is 21.5 Å². The van der Waals surface area contributed by atoms with E-state index in [2.05, 4.69) is 5.32 Å². The van der Waals surface area contributed by atoms with E-state index in [1.807, 2.05) is 0 Å². The minimum Gasteiger partial charge on any atom is -0.454 e. The van der Waals surface area contributed by atoms with Gasteiger partial charge in [0.15, 0.2) is 5.76 Å². The molecule has 1 amide bonds. The summed E-state index contributed by atoms with van der Waals surface area (Å²) in [6, 6.07) is 9.95. The maximum atomic E-state index is 12.9. The molecule has 0 aliphatic heterocycles. The number of hydrogen-bond donors (Lipinski definition) is 4. The number of alkyl halides is 3. The van der Waals surface area contributed by atoms with Crippen molar-refractivity contribution in [3.63, 3.8) is 0 Å². The molecule has 0 saturated carbocycles. The van der Waals surface area contributed by atoms with Crippen LogP contribution in [0.5, 0.6) is 5.75 Å². The molecule has 0 fully saturated rings. The van der Waals surface area contributed by atoms with Crippen LogP contribution in [0.3, 0.4) is 0 Å². The van der Waals surface area contributed by atoms with Crippen molar-refractivity contribution in [1.82, 2.24) is 0 Å². The highest BCUT2D eigenvalue weighted by Gasteiger charge is 2.33. The number of rotatable bonds is 8. The van der Waals surface area contributed by atoms with Crippen molar-refractivity contribution >= 4 is 29.4 Å². The Kier molecular flexibility index (Phi) is 7.85. The number of anilines is 1. The standard InChI is InChI=1S/C20H20ClF3N4O2/c21-16-7-4-13(9-15(16)20(22,23)24)28-19(29)8-3-12-1-5-14(6-2-12)30-18(11-26)17(27)10-25/h1-2,4-7,9,11,26H,3,8,10,25,27H2,(H,28,29)/b18-17+,26-11?. The lowest BCUT2D eigenvalue weighted by Gasteiger charge is -2.12. The summed E-state index contributed by atoms with van der Waals surface area (Å²) < 4.78 is 44.2. The van der Waals surface area contributed by atoms with Gasteiger partial charge in [0, 0.05) is 18.7 Å². The molecule has 0 radical (unpaired) electrons. The Morgan fingerprint density at radius 2 is 1.87 bits per heavy atom. The van der Waals surface area contributed by atoms with Gasteiger partial charge >= 0.3 is 6.18 Å². The number of amides is 1. The summed E-state index contributed by atoms with van der Waals surface area (Å²) in [5.74, 6) is 0.153. The molecular weight excluding hydrogens is 421 g/mol. The Balaban J connectivity index is 1.95. The number of carbonyl (C=O) groups is 1. The van der Waals surface area contributed by atoms with Gasteiger partial charge in [0.25, 0.3) is 0 Å². The summed E-state index contributed by atoms with van der Waals surface area (Å²) in [5.41, 5.74) is 11.1. The quantitative estimate of drug-likeness (QED) is 0.365. The SMILES string of the molecule is N=C/C(Oc1ccc(CCC(=O)Nc2ccc(Cl)c(C(F)(F)F)c2)cc1)=C(\N)CN. The van der Waals surface area contributed by atoms with Crippen molar-refractivity contribution in [3.05, 3.63) is 70.1 Å². The maximum absolute atomic E-state index is 12.9. The van der Waals surface area contributed by atoms with Gasteiger partial charge in [-0.1, -0.05) is 23.7 Å². The van der Waals surface area contributed by atoms with Crippen molar-refractivity contribution in [2.24, 2.45) is 11.5 Å². The van der Waals surface area contributed by atoms with Gasteiger partial charge in [-0.15, -0.1) is 0 Å². The molecule has 0 saturated heterocycles. The second kappa shape index (κ2) is 10.1. The number of allylic oxidation sites excluding steroid dienone is 1. The fourth-order valence-corrected chi connectivity index (χ4v) is 2.67. The molecular formula is C20H20ClF3N4O2. The van der Waals surface area contributed by atoms with E-state index in [1.165, 1.54) is 6.07 Å². The van der Waals surface area contributed by atoms with Gasteiger partial charge in [-0.2, -0.15) is 13.2 Å². The van der Waals surface area contributed by atoms with Crippen LogP contribution in [0.4, 0.5) is 18.9 Å². The number of aryl methyl sites for hydroxylation is 1. The molecule has 0 unspecified atom stereocenters. The average Bonchev–Trinajstić information content (AvgIpc) is 2.71. The predicted molar refractivity (Wildman–Crippen MR) is 110 cm³/mol. The Morgan fingerprint density at radius 3 is 2.43 bits per heavy atom. The Labute approximate surface area is 176 Å².